The summed E-state index contributed by atoms with van der Waals surface area (Å²) in [7, 11) is 0. The molecule has 0 saturated heterocycles. The number of alkyl halides is 4. The van der Waals surface area contributed by atoms with E-state index in [0.29, 0.717) is 18.1 Å². The molecule has 0 spiro atoms. The van der Waals surface area contributed by atoms with Crippen LogP contribution in [0.1, 0.15) is 93.9 Å². The average Bonchev–Trinajstić information content (AvgIpc) is 2.81. The molecule has 0 radical (unpaired) electrons. The molecule has 0 amide bonds. The molecule has 0 aliphatic heterocycles. The van der Waals surface area contributed by atoms with Crippen molar-refractivity contribution in [3.05, 3.63) is 64.7 Å². The fourth-order valence-corrected chi connectivity index (χ4v) is 4.79. The van der Waals surface area contributed by atoms with Gasteiger partial charge >= 0.3 is 12.7 Å². The van der Waals surface area contributed by atoms with Crippen molar-refractivity contribution in [3.8, 4) is 5.75 Å². The van der Waals surface area contributed by atoms with E-state index < -0.39 is 36.2 Å². The van der Waals surface area contributed by atoms with Gasteiger partial charge in [-0.05, 0) is 67.7 Å². The molecule has 0 heterocycles. The number of hydrogen-bond donors (Lipinski definition) is 0. The molecule has 8 heteroatoms. The van der Waals surface area contributed by atoms with Crippen LogP contribution >= 0.6 is 0 Å². The highest BCUT2D eigenvalue weighted by Crippen LogP contribution is 2.40. The number of hydrogen-bond acceptors (Lipinski definition) is 2. The number of halogens is 6. The van der Waals surface area contributed by atoms with Gasteiger partial charge in [-0.1, -0.05) is 56.9 Å². The Balaban J connectivity index is 1.61. The molecule has 0 bridgehead atoms. The summed E-state index contributed by atoms with van der Waals surface area (Å²) in [4.78, 5) is 0. The van der Waals surface area contributed by atoms with Crippen LogP contribution in [0, 0.1) is 17.6 Å². The second-order valence-electron chi connectivity index (χ2n) is 9.30. The number of unbranched alkanes of at least 4 members (excludes halogenated alkanes) is 2. The van der Waals surface area contributed by atoms with Crippen LogP contribution in [0.3, 0.4) is 0 Å². The van der Waals surface area contributed by atoms with E-state index in [2.05, 4.69) is 11.7 Å². The number of benzene rings is 2. The Morgan fingerprint density at radius 1 is 0.943 bits per heavy atom. The van der Waals surface area contributed by atoms with Gasteiger partial charge in [-0.3, -0.25) is 0 Å². The molecule has 2 aromatic rings. The molecule has 1 atom stereocenters. The molecular weight excluding hydrogens is 470 g/mol. The molecule has 1 aliphatic rings. The molecule has 1 fully saturated rings. The predicted molar refractivity (Wildman–Crippen MR) is 122 cm³/mol. The van der Waals surface area contributed by atoms with Crippen LogP contribution in [0.5, 0.6) is 5.75 Å². The van der Waals surface area contributed by atoms with Crippen LogP contribution in [-0.2, 0) is 10.8 Å². The largest absolute Gasteiger partial charge is 0.429 e. The molecule has 35 heavy (non-hydrogen) atoms. The zero-order valence-electron chi connectivity index (χ0n) is 20.0. The lowest BCUT2D eigenvalue weighted by Gasteiger charge is -2.29. The number of ether oxygens (including phenoxy) is 2. The predicted octanol–water partition coefficient (Wildman–Crippen LogP) is 9.25. The lowest BCUT2D eigenvalue weighted by Crippen LogP contribution is -2.21. The molecule has 1 aliphatic carbocycles. The molecule has 1 saturated carbocycles. The molecule has 194 valence electrons. The Hall–Kier alpha value is -2.22. The first-order valence-electron chi connectivity index (χ1n) is 12.2. The Kier molecular flexibility index (Phi) is 9.50. The Morgan fingerprint density at radius 3 is 2.09 bits per heavy atom. The van der Waals surface area contributed by atoms with E-state index in [1.54, 1.807) is 12.1 Å². The summed E-state index contributed by atoms with van der Waals surface area (Å²) >= 11 is 0. The van der Waals surface area contributed by atoms with E-state index in [0.717, 1.165) is 37.2 Å². The van der Waals surface area contributed by atoms with Crippen LogP contribution in [0.15, 0.2) is 36.4 Å². The Labute approximate surface area is 202 Å². The van der Waals surface area contributed by atoms with Gasteiger partial charge in [0, 0.05) is 0 Å². The Bertz CT molecular complexity index is 916. The molecule has 2 nitrogen and oxygen atoms in total. The van der Waals surface area contributed by atoms with Gasteiger partial charge in [-0.15, -0.1) is 0 Å². The normalized spacial score (nSPS) is 19.7. The summed E-state index contributed by atoms with van der Waals surface area (Å²) in [6.07, 6.45) is 4.26. The van der Waals surface area contributed by atoms with Gasteiger partial charge in [0.15, 0.2) is 17.4 Å². The monoisotopic (exact) mass is 502 g/mol. The summed E-state index contributed by atoms with van der Waals surface area (Å²) in [6, 6.07) is 7.29. The summed E-state index contributed by atoms with van der Waals surface area (Å²) in [5, 5.41) is 0. The zero-order valence-corrected chi connectivity index (χ0v) is 20.0. The third kappa shape index (κ3) is 7.38. The first-order valence-corrected chi connectivity index (χ1v) is 12.2. The second-order valence-corrected chi connectivity index (χ2v) is 9.30. The molecular formula is C27H32F6O2. The van der Waals surface area contributed by atoms with E-state index in [1.807, 2.05) is 0 Å². The number of rotatable bonds is 11. The van der Waals surface area contributed by atoms with E-state index >= 15 is 0 Å². The second kappa shape index (κ2) is 12.2. The maximum Gasteiger partial charge on any atom is 0.387 e. The molecule has 0 N–H and O–H groups in total. The summed E-state index contributed by atoms with van der Waals surface area (Å²) in [5.41, 5.74) is 0.372. The third-order valence-corrected chi connectivity index (χ3v) is 6.80. The quantitative estimate of drug-likeness (QED) is 0.225. The van der Waals surface area contributed by atoms with E-state index in [4.69, 9.17) is 4.74 Å². The highest BCUT2D eigenvalue weighted by molar-refractivity contribution is 5.33. The topological polar surface area (TPSA) is 18.5 Å². The Morgan fingerprint density at radius 2 is 1.54 bits per heavy atom. The minimum Gasteiger partial charge on any atom is -0.429 e. The van der Waals surface area contributed by atoms with Crippen LogP contribution in [0.25, 0.3) is 0 Å². The zero-order chi connectivity index (χ0) is 25.6. The van der Waals surface area contributed by atoms with Crippen molar-refractivity contribution in [3.63, 3.8) is 0 Å². The van der Waals surface area contributed by atoms with Crippen LogP contribution in [-0.4, -0.2) is 6.61 Å². The van der Waals surface area contributed by atoms with Gasteiger partial charge < -0.3 is 9.47 Å². The minimum atomic E-state index is -3.72. The standard InChI is InChI=1S/C27H32F6O2/c1-3-4-5-6-18-7-9-19(10-8-18)20-11-13-22(14-12-20)27(32,33)35-17(2)21-15-23(28)25(24(29)16-21)34-26(30)31/h11-19,26H,3-10H2,1-2H3. The highest BCUT2D eigenvalue weighted by Gasteiger charge is 2.36. The summed E-state index contributed by atoms with van der Waals surface area (Å²) in [6.45, 7) is -0.0314. The molecule has 2 aromatic carbocycles. The van der Waals surface area contributed by atoms with Crippen molar-refractivity contribution in [2.75, 3.05) is 0 Å². The SMILES string of the molecule is CCCCCC1CCC(c2ccc(C(F)(F)OC(C)c3cc(F)c(OC(F)F)c(F)c3)cc2)CC1. The van der Waals surface area contributed by atoms with Crippen LogP contribution in [0.2, 0.25) is 0 Å². The smallest absolute Gasteiger partial charge is 0.387 e. The van der Waals surface area contributed by atoms with Crippen molar-refractivity contribution >= 4 is 0 Å². The summed E-state index contributed by atoms with van der Waals surface area (Å²) < 4.78 is 90.7. The first kappa shape index (κ1) is 27.4. The fourth-order valence-electron chi connectivity index (χ4n) is 4.79. The van der Waals surface area contributed by atoms with Gasteiger partial charge in [-0.2, -0.15) is 17.6 Å². The van der Waals surface area contributed by atoms with Crippen molar-refractivity contribution in [1.82, 2.24) is 0 Å². The molecule has 0 aromatic heterocycles. The van der Waals surface area contributed by atoms with E-state index in [-0.39, 0.29) is 11.1 Å². The summed E-state index contributed by atoms with van der Waals surface area (Å²) in [5.74, 6) is -3.03. The maximum atomic E-state index is 14.8. The maximum absolute atomic E-state index is 14.8. The van der Waals surface area contributed by atoms with Gasteiger partial charge in [0.1, 0.15) is 0 Å². The molecule has 1 unspecified atom stereocenters. The lowest BCUT2D eigenvalue weighted by molar-refractivity contribution is -0.272. The van der Waals surface area contributed by atoms with Crippen molar-refractivity contribution < 1.29 is 35.8 Å². The third-order valence-electron chi connectivity index (χ3n) is 6.80. The van der Waals surface area contributed by atoms with Crippen molar-refractivity contribution in [2.45, 2.75) is 90.0 Å². The van der Waals surface area contributed by atoms with Gasteiger partial charge in [0.2, 0.25) is 0 Å². The van der Waals surface area contributed by atoms with Crippen LogP contribution < -0.4 is 4.74 Å². The molecule has 3 rings (SSSR count). The van der Waals surface area contributed by atoms with Crippen molar-refractivity contribution in [1.29, 1.82) is 0 Å². The van der Waals surface area contributed by atoms with Crippen molar-refractivity contribution in [2.24, 2.45) is 5.92 Å². The minimum absolute atomic E-state index is 0.270. The van der Waals surface area contributed by atoms with Gasteiger partial charge in [0.05, 0.1) is 11.7 Å². The van der Waals surface area contributed by atoms with Gasteiger partial charge in [-0.25, -0.2) is 8.78 Å². The van der Waals surface area contributed by atoms with E-state index in [9.17, 15) is 26.3 Å². The first-order chi connectivity index (χ1) is 16.6. The van der Waals surface area contributed by atoms with E-state index in [1.165, 1.54) is 44.7 Å². The highest BCUT2D eigenvalue weighted by atomic mass is 19.3. The van der Waals surface area contributed by atoms with Gasteiger partial charge in [0.25, 0.3) is 0 Å². The lowest BCUT2D eigenvalue weighted by atomic mass is 9.77. The van der Waals surface area contributed by atoms with Crippen LogP contribution in [0.4, 0.5) is 26.3 Å². The average molecular weight is 503 g/mol. The fraction of sp³-hybridized carbons (Fsp3) is 0.556.